The zero-order valence-electron chi connectivity index (χ0n) is 55.5. The number of likely N-dealkylation sites (tertiary alicyclic amines) is 2. The fourth-order valence-corrected chi connectivity index (χ4v) is 15.0. The lowest BCUT2D eigenvalue weighted by molar-refractivity contribution is -0.145. The maximum atomic E-state index is 15.2. The molecule has 4 aliphatic rings. The standard InChI is InChI=1S/C72H80N14O10S2/c1-45(81(5)71(91)95-43-61-57-33-17-13-29-53(57)54-30-14-18-34-58(54)61)65(87)73-63(67(89)83-37-21-23-49(83)41-85-69(75-77-79-85)97-51-25-9-7-10-26-51)47(3)93-39-40-94-48(4)64(68(90)84-38-22-24-50(84)42-86-70(76-78-80-86)98-52-27-11-8-12-28-52)74-66(88)46(2)82(6)72(92)96-44-62-59-35-19-15-31-55(59)56-32-16-20-36-60(56)62/h7-20,25-36,45-50,61-64H,21-24,37-44H2,1-6H3,(H,73,87)(H,74,88)/t45-,46-,47+,48+,49-,50-,63-,64-/m0/s1. The van der Waals surface area contributed by atoms with Gasteiger partial charge in [0.05, 0.1) is 50.6 Å². The monoisotopic (exact) mass is 1360 g/mol. The number of ether oxygens (including phenoxy) is 4. The van der Waals surface area contributed by atoms with Gasteiger partial charge in [0.15, 0.2) is 0 Å². The first-order valence-electron chi connectivity index (χ1n) is 33.2. The molecule has 4 heterocycles. The van der Waals surface area contributed by atoms with E-state index in [1.807, 2.05) is 133 Å². The molecule has 12 rings (SSSR count). The highest BCUT2D eigenvalue weighted by atomic mass is 32.2. The van der Waals surface area contributed by atoms with Crippen LogP contribution in [-0.4, -0.2) is 198 Å². The average molecular weight is 1370 g/mol. The van der Waals surface area contributed by atoms with Crippen molar-refractivity contribution in [1.29, 1.82) is 0 Å². The van der Waals surface area contributed by atoms with Gasteiger partial charge in [0.2, 0.25) is 33.9 Å². The zero-order chi connectivity index (χ0) is 68.4. The normalized spacial score (nSPS) is 17.3. The SMILES string of the molecule is C[C@@H](OCCO[C@H](C)[C@H](NC(=O)[C@H](C)N(C)C(=O)OCC1c2ccccc2-c2ccccc21)C(=O)N1CCC[C@H]1Cn1nnnc1Sc1ccccc1)[C@H](NC(=O)[C@H](C)N(C)C(=O)OCC1c2ccccc2-c2ccccc21)C(=O)N1CCC[C@H]1Cn1nnnc1Sc1ccccc1. The van der Waals surface area contributed by atoms with E-state index in [9.17, 15) is 19.2 Å². The van der Waals surface area contributed by atoms with Gasteiger partial charge in [-0.05, 0) is 167 Å². The van der Waals surface area contributed by atoms with Gasteiger partial charge in [0.1, 0.15) is 37.4 Å². The molecule has 24 nitrogen and oxygen atoms in total. The number of nitrogens with zero attached hydrogens (tertiary/aromatic N) is 12. The summed E-state index contributed by atoms with van der Waals surface area (Å²) in [6.45, 7) is 7.63. The third-order valence-corrected chi connectivity index (χ3v) is 21.0. The summed E-state index contributed by atoms with van der Waals surface area (Å²) in [5.41, 5.74) is 8.48. The number of aromatic nitrogens is 8. The average Bonchev–Trinajstić information content (AvgIpc) is 1.63. The second-order valence-electron chi connectivity index (χ2n) is 25.1. The summed E-state index contributed by atoms with van der Waals surface area (Å²) in [7, 11) is 2.97. The van der Waals surface area contributed by atoms with Crippen LogP contribution in [-0.2, 0) is 51.2 Å². The molecule has 8 aromatic rings. The first-order chi connectivity index (χ1) is 47.6. The van der Waals surface area contributed by atoms with Crippen molar-refractivity contribution in [3.8, 4) is 22.3 Å². The lowest BCUT2D eigenvalue weighted by Crippen LogP contribution is -2.59. The number of hydrogen-bond acceptors (Lipinski definition) is 18. The third-order valence-electron chi connectivity index (χ3n) is 19.1. The highest BCUT2D eigenvalue weighted by Gasteiger charge is 2.42. The van der Waals surface area contributed by atoms with Crippen molar-refractivity contribution in [3.05, 3.63) is 180 Å². The van der Waals surface area contributed by atoms with Crippen LogP contribution in [0.25, 0.3) is 22.3 Å². The van der Waals surface area contributed by atoms with Crippen molar-refractivity contribution >= 4 is 59.3 Å². The summed E-state index contributed by atoms with van der Waals surface area (Å²) >= 11 is 2.80. The Bertz CT molecular complexity index is 3780. The second kappa shape index (κ2) is 31.4. The van der Waals surface area contributed by atoms with E-state index >= 15 is 9.59 Å². The van der Waals surface area contributed by atoms with Crippen LogP contribution in [0.2, 0.25) is 0 Å². The lowest BCUT2D eigenvalue weighted by atomic mass is 9.98. The van der Waals surface area contributed by atoms with E-state index in [4.69, 9.17) is 18.9 Å². The Morgan fingerprint density at radius 2 is 0.827 bits per heavy atom. The van der Waals surface area contributed by atoms with Crippen LogP contribution >= 0.6 is 23.5 Å². The molecule has 0 spiro atoms. The van der Waals surface area contributed by atoms with E-state index in [1.54, 1.807) is 46.9 Å². The number of tetrazole rings is 2. The van der Waals surface area contributed by atoms with Gasteiger partial charge in [-0.15, -0.1) is 10.2 Å². The van der Waals surface area contributed by atoms with E-state index in [2.05, 4.69) is 65.9 Å². The Hall–Kier alpha value is -9.50. The Kier molecular flexibility index (Phi) is 21.9. The molecule has 510 valence electrons. The van der Waals surface area contributed by atoms with E-state index < -0.39 is 72.2 Å². The molecule has 0 bridgehead atoms. The number of amides is 6. The quantitative estimate of drug-likeness (QED) is 0.0455. The highest BCUT2D eigenvalue weighted by molar-refractivity contribution is 7.99. The van der Waals surface area contributed by atoms with Gasteiger partial charge in [-0.1, -0.05) is 133 Å². The summed E-state index contributed by atoms with van der Waals surface area (Å²) in [5.74, 6) is -2.50. The first kappa shape index (κ1) is 68.4. The van der Waals surface area contributed by atoms with Crippen LogP contribution in [0.4, 0.5) is 9.59 Å². The smallest absolute Gasteiger partial charge is 0.410 e. The van der Waals surface area contributed by atoms with Crippen molar-refractivity contribution < 1.29 is 47.7 Å². The minimum atomic E-state index is -1.27. The molecule has 2 aliphatic heterocycles. The summed E-state index contributed by atoms with van der Waals surface area (Å²) in [5, 5.41) is 32.1. The van der Waals surface area contributed by atoms with Crippen molar-refractivity contribution in [2.75, 3.05) is 53.6 Å². The Balaban J connectivity index is 0.731. The number of carbonyl (C=O) groups excluding carboxylic acids is 6. The number of rotatable bonds is 27. The molecule has 0 unspecified atom stereocenters. The van der Waals surface area contributed by atoms with Gasteiger partial charge in [-0.2, -0.15) is 0 Å². The Morgan fingerprint density at radius 1 is 0.490 bits per heavy atom. The second-order valence-corrected chi connectivity index (χ2v) is 27.2. The van der Waals surface area contributed by atoms with Crippen molar-refractivity contribution in [3.63, 3.8) is 0 Å². The van der Waals surface area contributed by atoms with E-state index in [0.29, 0.717) is 49.1 Å². The minimum absolute atomic E-state index is 0.0408. The highest BCUT2D eigenvalue weighted by Crippen LogP contribution is 2.46. The predicted molar refractivity (Wildman–Crippen MR) is 366 cm³/mol. The fraction of sp³-hybridized carbons (Fsp3) is 0.389. The fourth-order valence-electron chi connectivity index (χ4n) is 13.4. The van der Waals surface area contributed by atoms with E-state index in [1.165, 1.54) is 47.4 Å². The number of fused-ring (bicyclic) bond motifs is 6. The maximum Gasteiger partial charge on any atom is 0.410 e. The number of likely N-dealkylation sites (N-methyl/N-ethyl adjacent to an activating group) is 2. The molecule has 8 atom stereocenters. The molecule has 26 heteroatoms. The molecule has 2 aliphatic carbocycles. The third kappa shape index (κ3) is 15.3. The van der Waals surface area contributed by atoms with Gasteiger partial charge in [0.25, 0.3) is 0 Å². The molecule has 2 N–H and O–H groups in total. The van der Waals surface area contributed by atoms with Crippen LogP contribution in [0.5, 0.6) is 0 Å². The van der Waals surface area contributed by atoms with E-state index in [0.717, 1.165) is 54.3 Å². The van der Waals surface area contributed by atoms with Crippen molar-refractivity contribution in [1.82, 2.24) is 70.6 Å². The summed E-state index contributed by atoms with van der Waals surface area (Å²) < 4.78 is 28.2. The zero-order valence-corrected chi connectivity index (χ0v) is 57.2. The van der Waals surface area contributed by atoms with Gasteiger partial charge < -0.3 is 39.4 Å². The molecule has 6 amide bonds. The van der Waals surface area contributed by atoms with Crippen molar-refractivity contribution in [2.45, 2.75) is 147 Å². The number of hydrogen-bond donors (Lipinski definition) is 2. The largest absolute Gasteiger partial charge is 0.448 e. The Morgan fingerprint density at radius 3 is 1.18 bits per heavy atom. The van der Waals surface area contributed by atoms with Crippen LogP contribution < -0.4 is 10.6 Å². The molecule has 2 fully saturated rings. The van der Waals surface area contributed by atoms with Crippen molar-refractivity contribution in [2.24, 2.45) is 0 Å². The van der Waals surface area contributed by atoms with Crippen LogP contribution in [0, 0.1) is 0 Å². The minimum Gasteiger partial charge on any atom is -0.448 e. The predicted octanol–water partition coefficient (Wildman–Crippen LogP) is 8.96. The molecule has 2 saturated heterocycles. The molecular formula is C72H80N14O10S2. The summed E-state index contributed by atoms with van der Waals surface area (Å²) in [6.07, 6.45) is -0.789. The topological polar surface area (TPSA) is 264 Å². The summed E-state index contributed by atoms with van der Waals surface area (Å²) in [6, 6.07) is 46.1. The van der Waals surface area contributed by atoms with Crippen LogP contribution in [0.3, 0.4) is 0 Å². The van der Waals surface area contributed by atoms with Gasteiger partial charge in [-0.3, -0.25) is 29.0 Å². The molecule has 98 heavy (non-hydrogen) atoms. The summed E-state index contributed by atoms with van der Waals surface area (Å²) in [4.78, 5) is 95.1. The van der Waals surface area contributed by atoms with E-state index in [-0.39, 0.29) is 63.4 Å². The van der Waals surface area contributed by atoms with Gasteiger partial charge in [-0.25, -0.2) is 19.0 Å². The van der Waals surface area contributed by atoms with Gasteiger partial charge in [0, 0.05) is 48.8 Å². The van der Waals surface area contributed by atoms with Crippen LogP contribution in [0.1, 0.15) is 87.5 Å². The molecule has 2 aromatic heterocycles. The maximum absolute atomic E-state index is 15.2. The molecule has 6 aromatic carbocycles. The molecule has 0 radical (unpaired) electrons. The lowest BCUT2D eigenvalue weighted by Gasteiger charge is -2.34. The molecular weight excluding hydrogens is 1290 g/mol. The number of nitrogens with one attached hydrogen (secondary N) is 2. The number of carbonyl (C=O) groups is 6. The molecule has 0 saturated carbocycles. The Labute approximate surface area is 577 Å². The number of benzene rings is 6. The first-order valence-corrected chi connectivity index (χ1v) is 34.8. The van der Waals surface area contributed by atoms with Gasteiger partial charge >= 0.3 is 12.2 Å². The van der Waals surface area contributed by atoms with Crippen LogP contribution in [0.15, 0.2) is 178 Å².